The minimum atomic E-state index is 0.120. The van der Waals surface area contributed by atoms with Gasteiger partial charge in [-0.1, -0.05) is 40.0 Å². The van der Waals surface area contributed by atoms with E-state index in [1.54, 1.807) is 0 Å². The molecule has 120 valence electrons. The van der Waals surface area contributed by atoms with E-state index in [1.165, 1.54) is 19.3 Å². The van der Waals surface area contributed by atoms with Gasteiger partial charge in [-0.15, -0.1) is 0 Å². The number of hydrogen-bond acceptors (Lipinski definition) is 3. The summed E-state index contributed by atoms with van der Waals surface area (Å²) in [4.78, 5) is 13.9. The summed E-state index contributed by atoms with van der Waals surface area (Å²) in [6, 6.07) is 0.494. The number of carbonyl (C=O) groups is 1. The Morgan fingerprint density at radius 2 is 1.85 bits per heavy atom. The molecule has 20 heavy (non-hydrogen) atoms. The third-order valence-corrected chi connectivity index (χ3v) is 3.76. The summed E-state index contributed by atoms with van der Waals surface area (Å²) in [5.74, 6) is 0.616. The van der Waals surface area contributed by atoms with Crippen molar-refractivity contribution in [3.63, 3.8) is 0 Å². The van der Waals surface area contributed by atoms with E-state index in [2.05, 4.69) is 37.9 Å². The van der Waals surface area contributed by atoms with Crippen LogP contribution >= 0.6 is 0 Å². The van der Waals surface area contributed by atoms with Crippen LogP contribution in [0.4, 0.5) is 0 Å². The maximum atomic E-state index is 11.9. The zero-order valence-electron chi connectivity index (χ0n) is 14.1. The van der Waals surface area contributed by atoms with Crippen LogP contribution in [0.15, 0.2) is 0 Å². The maximum absolute atomic E-state index is 11.9. The van der Waals surface area contributed by atoms with Crippen LogP contribution in [0, 0.1) is 5.92 Å². The molecule has 3 N–H and O–H groups in total. The van der Waals surface area contributed by atoms with E-state index in [4.69, 9.17) is 5.73 Å². The van der Waals surface area contributed by atoms with Crippen molar-refractivity contribution in [1.82, 2.24) is 10.2 Å². The van der Waals surface area contributed by atoms with Gasteiger partial charge in [-0.2, -0.15) is 0 Å². The molecule has 0 heterocycles. The Kier molecular flexibility index (Phi) is 10.8. The minimum Gasteiger partial charge on any atom is -0.353 e. The van der Waals surface area contributed by atoms with E-state index in [9.17, 15) is 4.79 Å². The predicted molar refractivity (Wildman–Crippen MR) is 86.7 cm³/mol. The highest BCUT2D eigenvalue weighted by Gasteiger charge is 2.12. The molecule has 0 fully saturated rings. The largest absolute Gasteiger partial charge is 0.353 e. The predicted octanol–water partition coefficient (Wildman–Crippen LogP) is 2.38. The Morgan fingerprint density at radius 3 is 2.40 bits per heavy atom. The van der Waals surface area contributed by atoms with Crippen LogP contribution in [0.5, 0.6) is 0 Å². The van der Waals surface area contributed by atoms with Crippen LogP contribution in [0.25, 0.3) is 0 Å². The fraction of sp³-hybridized carbons (Fsp3) is 0.938. The fourth-order valence-electron chi connectivity index (χ4n) is 2.12. The van der Waals surface area contributed by atoms with Gasteiger partial charge in [0.1, 0.15) is 0 Å². The third-order valence-electron chi connectivity index (χ3n) is 3.76. The first kappa shape index (κ1) is 19.4. The first-order valence-corrected chi connectivity index (χ1v) is 8.10. The van der Waals surface area contributed by atoms with E-state index in [-0.39, 0.29) is 18.0 Å². The molecular weight excluding hydrogens is 250 g/mol. The van der Waals surface area contributed by atoms with Gasteiger partial charge in [-0.25, -0.2) is 0 Å². The Hall–Kier alpha value is -0.610. The number of carbonyl (C=O) groups excluding carboxylic acids is 1. The van der Waals surface area contributed by atoms with E-state index in [1.807, 2.05) is 7.05 Å². The molecule has 0 aliphatic rings. The number of nitrogens with one attached hydrogen (secondary N) is 1. The van der Waals surface area contributed by atoms with Crippen LogP contribution < -0.4 is 11.1 Å². The zero-order chi connectivity index (χ0) is 15.5. The van der Waals surface area contributed by atoms with Crippen molar-refractivity contribution >= 4 is 5.91 Å². The molecule has 0 saturated carbocycles. The van der Waals surface area contributed by atoms with Crippen molar-refractivity contribution < 1.29 is 4.79 Å². The summed E-state index contributed by atoms with van der Waals surface area (Å²) in [5, 5.41) is 3.07. The number of unbranched alkanes of at least 4 members (excludes halogenated alkanes) is 2. The number of rotatable bonds is 11. The lowest BCUT2D eigenvalue weighted by atomic mass is 10.0. The minimum absolute atomic E-state index is 0.120. The number of nitrogens with two attached hydrogens (primary N) is 1. The molecule has 0 spiro atoms. The van der Waals surface area contributed by atoms with E-state index >= 15 is 0 Å². The molecule has 0 aromatic carbocycles. The topological polar surface area (TPSA) is 58.4 Å². The first-order valence-electron chi connectivity index (χ1n) is 8.10. The Labute approximate surface area is 125 Å². The molecule has 0 saturated heterocycles. The summed E-state index contributed by atoms with van der Waals surface area (Å²) < 4.78 is 0. The van der Waals surface area contributed by atoms with Gasteiger partial charge in [0.25, 0.3) is 0 Å². The number of hydrogen-bond donors (Lipinski definition) is 2. The highest BCUT2D eigenvalue weighted by atomic mass is 16.2. The quantitative estimate of drug-likeness (QED) is 0.573. The van der Waals surface area contributed by atoms with Crippen molar-refractivity contribution in [1.29, 1.82) is 0 Å². The Balaban J connectivity index is 3.78. The molecule has 0 bridgehead atoms. The molecule has 0 aromatic heterocycles. The molecule has 4 heteroatoms. The van der Waals surface area contributed by atoms with Gasteiger partial charge in [0, 0.05) is 12.1 Å². The number of amides is 1. The lowest BCUT2D eigenvalue weighted by molar-refractivity contribution is -0.122. The van der Waals surface area contributed by atoms with Crippen molar-refractivity contribution in [2.75, 3.05) is 20.1 Å². The monoisotopic (exact) mass is 285 g/mol. The number of likely N-dealkylation sites (N-methyl/N-ethyl adjacent to an activating group) is 1. The van der Waals surface area contributed by atoms with Gasteiger partial charge >= 0.3 is 0 Å². The number of nitrogens with zero attached hydrogens (tertiary/aromatic N) is 1. The average molecular weight is 285 g/mol. The summed E-state index contributed by atoms with van der Waals surface area (Å²) in [6.07, 6.45) is 5.67. The standard InChI is InChI=1S/C16H35N3O/c1-6-7-8-9-14(4)18-16(20)12-19(5)11-10-15(17)13(2)3/h13-15H,6-12,17H2,1-5H3,(H,18,20). The highest BCUT2D eigenvalue weighted by Crippen LogP contribution is 2.04. The second kappa shape index (κ2) is 11.1. The fourth-order valence-corrected chi connectivity index (χ4v) is 2.12. The molecule has 2 atom stereocenters. The molecular formula is C16H35N3O. The maximum Gasteiger partial charge on any atom is 0.234 e. The second-order valence-electron chi connectivity index (χ2n) is 6.40. The summed E-state index contributed by atoms with van der Waals surface area (Å²) in [6.45, 7) is 9.88. The molecule has 0 rings (SSSR count). The van der Waals surface area contributed by atoms with Gasteiger partial charge in [0.2, 0.25) is 5.91 Å². The van der Waals surface area contributed by atoms with Crippen LogP contribution in [0.1, 0.15) is 59.8 Å². The lowest BCUT2D eigenvalue weighted by Crippen LogP contribution is -2.41. The van der Waals surface area contributed by atoms with E-state index in [0.29, 0.717) is 12.5 Å². The first-order chi connectivity index (χ1) is 9.36. The smallest absolute Gasteiger partial charge is 0.234 e. The van der Waals surface area contributed by atoms with Crippen LogP contribution in [0.2, 0.25) is 0 Å². The van der Waals surface area contributed by atoms with E-state index in [0.717, 1.165) is 19.4 Å². The van der Waals surface area contributed by atoms with Crippen molar-refractivity contribution in [2.45, 2.75) is 71.9 Å². The van der Waals surface area contributed by atoms with E-state index < -0.39 is 0 Å². The highest BCUT2D eigenvalue weighted by molar-refractivity contribution is 5.78. The van der Waals surface area contributed by atoms with Gasteiger partial charge in [0.05, 0.1) is 6.54 Å². The summed E-state index contributed by atoms with van der Waals surface area (Å²) in [7, 11) is 1.98. The average Bonchev–Trinajstić information content (AvgIpc) is 2.35. The van der Waals surface area contributed by atoms with Crippen molar-refractivity contribution in [2.24, 2.45) is 11.7 Å². The SMILES string of the molecule is CCCCCC(C)NC(=O)CN(C)CCC(N)C(C)C. The third kappa shape index (κ3) is 10.2. The molecule has 2 unspecified atom stereocenters. The van der Waals surface area contributed by atoms with Crippen molar-refractivity contribution in [3.05, 3.63) is 0 Å². The zero-order valence-corrected chi connectivity index (χ0v) is 14.1. The normalized spacial score (nSPS) is 14.6. The summed E-state index contributed by atoms with van der Waals surface area (Å²) >= 11 is 0. The molecule has 0 aromatic rings. The van der Waals surface area contributed by atoms with Crippen LogP contribution in [-0.2, 0) is 4.79 Å². The van der Waals surface area contributed by atoms with Crippen molar-refractivity contribution in [3.8, 4) is 0 Å². The molecule has 4 nitrogen and oxygen atoms in total. The van der Waals surface area contributed by atoms with Crippen LogP contribution in [0.3, 0.4) is 0 Å². The summed E-state index contributed by atoms with van der Waals surface area (Å²) in [5.41, 5.74) is 6.02. The molecule has 0 aliphatic carbocycles. The second-order valence-corrected chi connectivity index (χ2v) is 6.40. The lowest BCUT2D eigenvalue weighted by Gasteiger charge is -2.22. The Bertz CT molecular complexity index is 256. The molecule has 1 amide bonds. The Morgan fingerprint density at radius 1 is 1.20 bits per heavy atom. The molecule has 0 aliphatic heterocycles. The van der Waals surface area contributed by atoms with Gasteiger partial charge in [0.15, 0.2) is 0 Å². The van der Waals surface area contributed by atoms with Gasteiger partial charge < -0.3 is 11.1 Å². The molecule has 0 radical (unpaired) electrons. The van der Waals surface area contributed by atoms with Gasteiger partial charge in [-0.3, -0.25) is 9.69 Å². The van der Waals surface area contributed by atoms with Gasteiger partial charge in [-0.05, 0) is 39.3 Å². The van der Waals surface area contributed by atoms with Crippen LogP contribution in [-0.4, -0.2) is 43.0 Å².